The van der Waals surface area contributed by atoms with E-state index in [9.17, 15) is 9.59 Å². The summed E-state index contributed by atoms with van der Waals surface area (Å²) in [6.45, 7) is 3.85. The summed E-state index contributed by atoms with van der Waals surface area (Å²) in [6, 6.07) is 3.33. The van der Waals surface area contributed by atoms with Crippen LogP contribution < -0.4 is 0 Å². The summed E-state index contributed by atoms with van der Waals surface area (Å²) in [7, 11) is 0. The summed E-state index contributed by atoms with van der Waals surface area (Å²) < 4.78 is 10.1. The van der Waals surface area contributed by atoms with Gasteiger partial charge in [-0.25, -0.2) is 0 Å². The van der Waals surface area contributed by atoms with Gasteiger partial charge in [-0.05, 0) is 19.1 Å². The topological polar surface area (TPSA) is 66.9 Å². The second-order valence-electron chi connectivity index (χ2n) is 4.99. The van der Waals surface area contributed by atoms with Gasteiger partial charge in [0, 0.05) is 26.2 Å². The zero-order chi connectivity index (χ0) is 14.8. The molecule has 6 heteroatoms. The highest BCUT2D eigenvalue weighted by molar-refractivity contribution is 5.96. The fourth-order valence-electron chi connectivity index (χ4n) is 2.46. The van der Waals surface area contributed by atoms with Crippen LogP contribution in [0.1, 0.15) is 26.5 Å². The zero-order valence-corrected chi connectivity index (χ0v) is 11.7. The number of furan rings is 2. The van der Waals surface area contributed by atoms with Crippen LogP contribution in [0.2, 0.25) is 0 Å². The maximum Gasteiger partial charge on any atom is 0.257 e. The molecule has 2 aromatic heterocycles. The van der Waals surface area contributed by atoms with Crippen LogP contribution in [0.3, 0.4) is 0 Å². The van der Waals surface area contributed by atoms with Crippen molar-refractivity contribution in [2.24, 2.45) is 0 Å². The predicted octanol–water partition coefficient (Wildman–Crippen LogP) is 1.78. The highest BCUT2D eigenvalue weighted by Crippen LogP contribution is 2.15. The van der Waals surface area contributed by atoms with Crippen LogP contribution in [-0.4, -0.2) is 47.8 Å². The Hall–Kier alpha value is -2.50. The molecule has 0 atom stereocenters. The monoisotopic (exact) mass is 288 g/mol. The van der Waals surface area contributed by atoms with Crippen molar-refractivity contribution >= 4 is 11.8 Å². The highest BCUT2D eigenvalue weighted by atomic mass is 16.3. The van der Waals surface area contributed by atoms with Crippen molar-refractivity contribution in [3.8, 4) is 0 Å². The number of hydrogen-bond donors (Lipinski definition) is 0. The lowest BCUT2D eigenvalue weighted by molar-refractivity contribution is 0.0534. The first-order chi connectivity index (χ1) is 10.2. The normalized spacial score (nSPS) is 15.3. The maximum absolute atomic E-state index is 12.3. The summed E-state index contributed by atoms with van der Waals surface area (Å²) in [5.74, 6) is 0.518. The molecule has 2 aromatic rings. The Morgan fingerprint density at radius 1 is 1.00 bits per heavy atom. The molecule has 0 spiro atoms. The van der Waals surface area contributed by atoms with Crippen LogP contribution in [0.25, 0.3) is 0 Å². The van der Waals surface area contributed by atoms with E-state index in [1.54, 1.807) is 28.9 Å². The Kier molecular flexibility index (Phi) is 3.51. The van der Waals surface area contributed by atoms with E-state index in [0.29, 0.717) is 43.1 Å². The SMILES string of the molecule is Cc1occc1C(=O)N1CCN(C(=O)c2ccoc2)CC1. The van der Waals surface area contributed by atoms with Gasteiger partial charge in [0.05, 0.1) is 23.7 Å². The summed E-state index contributed by atoms with van der Waals surface area (Å²) in [5, 5.41) is 0. The van der Waals surface area contributed by atoms with Crippen molar-refractivity contribution in [3.05, 3.63) is 47.8 Å². The van der Waals surface area contributed by atoms with Crippen molar-refractivity contribution < 1.29 is 18.4 Å². The summed E-state index contributed by atoms with van der Waals surface area (Å²) in [5.41, 5.74) is 1.13. The number of piperazine rings is 1. The third-order valence-corrected chi connectivity index (χ3v) is 3.71. The van der Waals surface area contributed by atoms with Crippen molar-refractivity contribution in [1.82, 2.24) is 9.80 Å². The lowest BCUT2D eigenvalue weighted by Gasteiger charge is -2.34. The van der Waals surface area contributed by atoms with Crippen LogP contribution in [-0.2, 0) is 0 Å². The van der Waals surface area contributed by atoms with Crippen LogP contribution in [0.4, 0.5) is 0 Å². The standard InChI is InChI=1S/C15H16N2O4/c1-11-13(3-9-21-11)15(19)17-6-4-16(5-7-17)14(18)12-2-8-20-10-12/h2-3,8-10H,4-7H2,1H3. The smallest absolute Gasteiger partial charge is 0.257 e. The summed E-state index contributed by atoms with van der Waals surface area (Å²) in [6.07, 6.45) is 4.44. The summed E-state index contributed by atoms with van der Waals surface area (Å²) in [4.78, 5) is 28.0. The molecule has 1 aliphatic heterocycles. The molecule has 0 unspecified atom stereocenters. The Balaban J connectivity index is 1.62. The number of aryl methyl sites for hydroxylation is 1. The molecule has 3 heterocycles. The maximum atomic E-state index is 12.3. The molecule has 2 amide bonds. The molecule has 0 saturated carbocycles. The predicted molar refractivity (Wildman–Crippen MR) is 74.0 cm³/mol. The van der Waals surface area contributed by atoms with Gasteiger partial charge in [-0.1, -0.05) is 0 Å². The van der Waals surface area contributed by atoms with Gasteiger partial charge < -0.3 is 18.6 Å². The first-order valence-electron chi connectivity index (χ1n) is 6.81. The number of rotatable bonds is 2. The van der Waals surface area contributed by atoms with E-state index in [2.05, 4.69) is 0 Å². The quantitative estimate of drug-likeness (QED) is 0.844. The molecular weight excluding hydrogens is 272 g/mol. The Labute approximate surface area is 121 Å². The van der Waals surface area contributed by atoms with Gasteiger partial charge in [0.25, 0.3) is 11.8 Å². The zero-order valence-electron chi connectivity index (χ0n) is 11.7. The average Bonchev–Trinajstić information content (AvgIpc) is 3.17. The van der Waals surface area contributed by atoms with Crippen molar-refractivity contribution in [2.75, 3.05) is 26.2 Å². The molecule has 6 nitrogen and oxygen atoms in total. The highest BCUT2D eigenvalue weighted by Gasteiger charge is 2.27. The van der Waals surface area contributed by atoms with E-state index in [0.717, 1.165) is 0 Å². The van der Waals surface area contributed by atoms with Gasteiger partial charge in [-0.15, -0.1) is 0 Å². The first-order valence-corrected chi connectivity index (χ1v) is 6.81. The first kappa shape index (κ1) is 13.5. The number of carbonyl (C=O) groups is 2. The molecule has 1 aliphatic rings. The van der Waals surface area contributed by atoms with Gasteiger partial charge in [0.1, 0.15) is 12.0 Å². The molecule has 0 aliphatic carbocycles. The molecular formula is C15H16N2O4. The van der Waals surface area contributed by atoms with E-state index in [4.69, 9.17) is 8.83 Å². The molecule has 0 radical (unpaired) electrons. The number of amides is 2. The second kappa shape index (κ2) is 5.47. The van der Waals surface area contributed by atoms with Crippen molar-refractivity contribution in [1.29, 1.82) is 0 Å². The van der Waals surface area contributed by atoms with Crippen LogP contribution in [0.5, 0.6) is 0 Å². The molecule has 0 N–H and O–H groups in total. The second-order valence-corrected chi connectivity index (χ2v) is 4.99. The van der Waals surface area contributed by atoms with Crippen LogP contribution in [0.15, 0.2) is 39.8 Å². The van der Waals surface area contributed by atoms with Gasteiger partial charge in [0.15, 0.2) is 0 Å². The van der Waals surface area contributed by atoms with Crippen molar-refractivity contribution in [2.45, 2.75) is 6.92 Å². The molecule has 0 aromatic carbocycles. The van der Waals surface area contributed by atoms with Gasteiger partial charge in [-0.3, -0.25) is 9.59 Å². The van der Waals surface area contributed by atoms with Gasteiger partial charge >= 0.3 is 0 Å². The van der Waals surface area contributed by atoms with E-state index in [-0.39, 0.29) is 11.8 Å². The van der Waals surface area contributed by atoms with Crippen molar-refractivity contribution in [3.63, 3.8) is 0 Å². The van der Waals surface area contributed by atoms with E-state index in [1.165, 1.54) is 18.8 Å². The Morgan fingerprint density at radius 3 is 2.19 bits per heavy atom. The van der Waals surface area contributed by atoms with E-state index in [1.807, 2.05) is 0 Å². The third kappa shape index (κ3) is 2.56. The largest absolute Gasteiger partial charge is 0.472 e. The summed E-state index contributed by atoms with van der Waals surface area (Å²) >= 11 is 0. The molecule has 1 saturated heterocycles. The molecule has 1 fully saturated rings. The molecule has 3 rings (SSSR count). The minimum atomic E-state index is -0.0599. The minimum Gasteiger partial charge on any atom is -0.472 e. The van der Waals surface area contributed by atoms with Crippen LogP contribution in [0, 0.1) is 6.92 Å². The Bertz CT molecular complexity index is 636. The number of carbonyl (C=O) groups excluding carboxylic acids is 2. The fourth-order valence-corrected chi connectivity index (χ4v) is 2.46. The van der Waals surface area contributed by atoms with E-state index < -0.39 is 0 Å². The van der Waals surface area contributed by atoms with E-state index >= 15 is 0 Å². The average molecular weight is 288 g/mol. The Morgan fingerprint density at radius 2 is 1.67 bits per heavy atom. The van der Waals surface area contributed by atoms with Gasteiger partial charge in [-0.2, -0.15) is 0 Å². The molecule has 0 bridgehead atoms. The minimum absolute atomic E-state index is 0.0448. The lowest BCUT2D eigenvalue weighted by Crippen LogP contribution is -2.50. The number of nitrogens with zero attached hydrogens (tertiary/aromatic N) is 2. The molecule has 110 valence electrons. The number of hydrogen-bond acceptors (Lipinski definition) is 4. The molecule has 21 heavy (non-hydrogen) atoms. The van der Waals surface area contributed by atoms with Gasteiger partial charge in [0.2, 0.25) is 0 Å². The lowest BCUT2D eigenvalue weighted by atomic mass is 10.2. The third-order valence-electron chi connectivity index (χ3n) is 3.71. The fraction of sp³-hybridized carbons (Fsp3) is 0.333. The van der Waals surface area contributed by atoms with Crippen LogP contribution >= 0.6 is 0 Å².